The van der Waals surface area contributed by atoms with Crippen LogP contribution in [0.1, 0.15) is 17.0 Å². The number of amides is 2. The third kappa shape index (κ3) is 5.69. The second-order valence-electron chi connectivity index (χ2n) is 7.52. The molecule has 9 nitrogen and oxygen atoms in total. The summed E-state index contributed by atoms with van der Waals surface area (Å²) in [6.45, 7) is 3.24. The smallest absolute Gasteiger partial charge is 0.409 e. The summed E-state index contributed by atoms with van der Waals surface area (Å²) in [6, 6.07) is 12.5. The highest BCUT2D eigenvalue weighted by molar-refractivity contribution is 6.32. The number of benzene rings is 2. The van der Waals surface area contributed by atoms with Gasteiger partial charge in [0.2, 0.25) is 6.41 Å². The highest BCUT2D eigenvalue weighted by Crippen LogP contribution is 2.27. The number of carbonyl (C=O) groups excluding carboxylic acids is 2. The van der Waals surface area contributed by atoms with Crippen molar-refractivity contribution in [1.82, 2.24) is 20.3 Å². The number of aromatic nitrogens is 3. The molecular weight excluding hydrogens is 456 g/mol. The average Bonchev–Trinajstić information content (AvgIpc) is 3.13. The molecule has 34 heavy (non-hydrogen) atoms. The first kappa shape index (κ1) is 23.2. The predicted molar refractivity (Wildman–Crippen MR) is 131 cm³/mol. The summed E-state index contributed by atoms with van der Waals surface area (Å²) >= 11 is 6.05. The van der Waals surface area contributed by atoms with Gasteiger partial charge in [-0.25, -0.2) is 9.78 Å². The van der Waals surface area contributed by atoms with Crippen LogP contribution >= 0.6 is 11.6 Å². The van der Waals surface area contributed by atoms with Crippen molar-refractivity contribution in [2.24, 2.45) is 0 Å². The highest BCUT2D eigenvalue weighted by Gasteiger charge is 2.12. The lowest BCUT2D eigenvalue weighted by molar-refractivity contribution is -0.105. The maximum Gasteiger partial charge on any atom is 0.417 e. The topological polar surface area (TPSA) is 121 Å². The molecule has 0 aliphatic carbocycles. The van der Waals surface area contributed by atoms with E-state index in [-0.39, 0.29) is 0 Å². The number of nitrogens with zero attached hydrogens (tertiary/aromatic N) is 2. The Morgan fingerprint density at radius 3 is 2.88 bits per heavy atom. The second-order valence-corrected chi connectivity index (χ2v) is 7.93. The fourth-order valence-corrected chi connectivity index (χ4v) is 3.78. The monoisotopic (exact) mass is 478 g/mol. The number of carbonyl (C=O) groups is 2. The molecule has 0 saturated carbocycles. The van der Waals surface area contributed by atoms with Gasteiger partial charge in [-0.3, -0.25) is 15.1 Å². The summed E-state index contributed by atoms with van der Waals surface area (Å²) < 4.78 is 5.31. The zero-order valence-electron chi connectivity index (χ0n) is 18.4. The van der Waals surface area contributed by atoms with Gasteiger partial charge in [0.25, 0.3) is 0 Å². The van der Waals surface area contributed by atoms with Crippen molar-refractivity contribution in [2.75, 3.05) is 17.2 Å². The number of nitrogens with one attached hydrogen (secondary N) is 4. The van der Waals surface area contributed by atoms with E-state index in [0.29, 0.717) is 41.8 Å². The lowest BCUT2D eigenvalue weighted by Gasteiger charge is -2.09. The van der Waals surface area contributed by atoms with Crippen molar-refractivity contribution in [3.63, 3.8) is 0 Å². The molecule has 0 atom stereocenters. The molecule has 2 aromatic heterocycles. The summed E-state index contributed by atoms with van der Waals surface area (Å²) in [5.41, 5.74) is 4.53. The minimum Gasteiger partial charge on any atom is -0.409 e. The summed E-state index contributed by atoms with van der Waals surface area (Å²) in [5.74, 6) is 0.707. The van der Waals surface area contributed by atoms with Crippen LogP contribution in [0.2, 0.25) is 5.02 Å². The van der Waals surface area contributed by atoms with E-state index in [2.05, 4.69) is 30.9 Å². The maximum atomic E-state index is 12.3. The van der Waals surface area contributed by atoms with Crippen molar-refractivity contribution >= 4 is 46.5 Å². The standard InChI is InChI=1S/C24H23ClN6O3/c1-15-18(8-9-26-11-17-12-27-13-23(30-17)28-14-32)19-10-16(6-7-21(19)29-15)31-24(33)34-22-5-3-2-4-20(22)25/h2-7,10,12-14,26,29H,8-9,11H2,1H3,(H,31,33)(H,28,30,32). The van der Waals surface area contributed by atoms with Crippen molar-refractivity contribution < 1.29 is 14.3 Å². The number of aromatic amines is 1. The number of ether oxygens (including phenoxy) is 1. The molecular formula is C24H23ClN6O3. The molecule has 4 N–H and O–H groups in total. The van der Waals surface area contributed by atoms with E-state index in [0.717, 1.165) is 34.3 Å². The van der Waals surface area contributed by atoms with Gasteiger partial charge in [0, 0.05) is 35.0 Å². The molecule has 0 unspecified atom stereocenters. The SMILES string of the molecule is Cc1[nH]c2ccc(NC(=O)Oc3ccccc3Cl)cc2c1CCNCc1cncc(NC=O)n1. The number of halogens is 1. The van der Waals surface area contributed by atoms with Gasteiger partial charge in [-0.15, -0.1) is 0 Å². The predicted octanol–water partition coefficient (Wildman–Crippen LogP) is 4.43. The zero-order chi connectivity index (χ0) is 23.9. The molecule has 2 heterocycles. The van der Waals surface area contributed by atoms with Crippen LogP contribution in [0.25, 0.3) is 10.9 Å². The van der Waals surface area contributed by atoms with Crippen molar-refractivity contribution in [2.45, 2.75) is 19.9 Å². The number of fused-ring (bicyclic) bond motifs is 1. The second kappa shape index (κ2) is 10.8. The fraction of sp³-hybridized carbons (Fsp3) is 0.167. The van der Waals surface area contributed by atoms with E-state index in [9.17, 15) is 9.59 Å². The number of para-hydroxylation sites is 1. The molecule has 0 aliphatic rings. The van der Waals surface area contributed by atoms with E-state index in [1.54, 1.807) is 30.5 Å². The molecule has 174 valence electrons. The molecule has 0 bridgehead atoms. The number of anilines is 2. The van der Waals surface area contributed by atoms with Crippen LogP contribution in [0.15, 0.2) is 54.9 Å². The maximum absolute atomic E-state index is 12.3. The molecule has 0 aliphatic heterocycles. The molecule has 0 radical (unpaired) electrons. The molecule has 10 heteroatoms. The minimum absolute atomic E-state index is 0.296. The van der Waals surface area contributed by atoms with Gasteiger partial charge < -0.3 is 20.4 Å². The Morgan fingerprint density at radius 2 is 2.06 bits per heavy atom. The normalized spacial score (nSPS) is 10.8. The Labute approximate surface area is 200 Å². The molecule has 0 spiro atoms. The minimum atomic E-state index is -0.615. The number of hydrogen-bond donors (Lipinski definition) is 4. The summed E-state index contributed by atoms with van der Waals surface area (Å²) in [7, 11) is 0. The first-order valence-electron chi connectivity index (χ1n) is 10.6. The zero-order valence-corrected chi connectivity index (χ0v) is 19.1. The molecule has 2 aromatic carbocycles. The van der Waals surface area contributed by atoms with Gasteiger partial charge in [-0.05, 0) is 55.8 Å². The third-order valence-electron chi connectivity index (χ3n) is 5.15. The van der Waals surface area contributed by atoms with E-state index < -0.39 is 6.09 Å². The first-order valence-corrected chi connectivity index (χ1v) is 11.0. The summed E-state index contributed by atoms with van der Waals surface area (Å²) in [4.78, 5) is 34.6. The lowest BCUT2D eigenvalue weighted by atomic mass is 10.1. The quantitative estimate of drug-likeness (QED) is 0.208. The van der Waals surface area contributed by atoms with Crippen molar-refractivity contribution in [1.29, 1.82) is 0 Å². The fourth-order valence-electron chi connectivity index (χ4n) is 3.60. The van der Waals surface area contributed by atoms with Crippen LogP contribution in [0, 0.1) is 6.92 Å². The third-order valence-corrected chi connectivity index (χ3v) is 5.47. The summed E-state index contributed by atoms with van der Waals surface area (Å²) in [6.07, 6.45) is 3.86. The Balaban J connectivity index is 1.39. The average molecular weight is 479 g/mol. The largest absolute Gasteiger partial charge is 0.417 e. The molecule has 4 rings (SSSR count). The molecule has 2 amide bonds. The van der Waals surface area contributed by atoms with E-state index in [4.69, 9.17) is 16.3 Å². The van der Waals surface area contributed by atoms with Crippen LogP contribution in [0.3, 0.4) is 0 Å². The van der Waals surface area contributed by atoms with Crippen LogP contribution in [-0.4, -0.2) is 34.0 Å². The van der Waals surface area contributed by atoms with E-state index in [1.165, 1.54) is 6.20 Å². The number of rotatable bonds is 9. The lowest BCUT2D eigenvalue weighted by Crippen LogP contribution is -2.18. The van der Waals surface area contributed by atoms with Crippen LogP contribution < -0.4 is 20.7 Å². The van der Waals surface area contributed by atoms with Crippen LogP contribution in [0.5, 0.6) is 5.75 Å². The molecule has 0 saturated heterocycles. The number of aryl methyl sites for hydroxylation is 1. The Morgan fingerprint density at radius 1 is 1.21 bits per heavy atom. The van der Waals surface area contributed by atoms with Gasteiger partial charge in [0.05, 0.1) is 16.9 Å². The van der Waals surface area contributed by atoms with Gasteiger partial charge in [0.15, 0.2) is 11.6 Å². The van der Waals surface area contributed by atoms with Gasteiger partial charge in [0.1, 0.15) is 0 Å². The molecule has 0 fully saturated rings. The van der Waals surface area contributed by atoms with Crippen molar-refractivity contribution in [3.8, 4) is 5.75 Å². The Kier molecular flexibility index (Phi) is 7.36. The number of H-pyrrole nitrogens is 1. The van der Waals surface area contributed by atoms with Gasteiger partial charge in [-0.2, -0.15) is 0 Å². The van der Waals surface area contributed by atoms with E-state index >= 15 is 0 Å². The highest BCUT2D eigenvalue weighted by atomic mass is 35.5. The Bertz CT molecular complexity index is 1320. The van der Waals surface area contributed by atoms with Crippen molar-refractivity contribution in [3.05, 3.63) is 76.8 Å². The summed E-state index contributed by atoms with van der Waals surface area (Å²) in [5, 5.41) is 9.98. The first-order chi connectivity index (χ1) is 16.5. The van der Waals surface area contributed by atoms with Crippen LogP contribution in [-0.2, 0) is 17.8 Å². The van der Waals surface area contributed by atoms with Crippen LogP contribution in [0.4, 0.5) is 16.3 Å². The molecule has 4 aromatic rings. The van der Waals surface area contributed by atoms with Gasteiger partial charge in [-0.1, -0.05) is 23.7 Å². The number of hydrogen-bond acceptors (Lipinski definition) is 6. The Hall–Kier alpha value is -3.95. The van der Waals surface area contributed by atoms with E-state index in [1.807, 2.05) is 25.1 Å². The van der Waals surface area contributed by atoms with Gasteiger partial charge >= 0.3 is 6.09 Å².